The van der Waals surface area contributed by atoms with Gasteiger partial charge in [-0.3, -0.25) is 0 Å². The van der Waals surface area contributed by atoms with Crippen molar-refractivity contribution in [1.82, 2.24) is 4.57 Å². The van der Waals surface area contributed by atoms with Gasteiger partial charge in [0, 0.05) is 38.2 Å². The average Bonchev–Trinajstić information content (AvgIpc) is 3.45. The largest absolute Gasteiger partial charge is 0.456 e. The predicted octanol–water partition coefficient (Wildman–Crippen LogP) is 6.15. The van der Waals surface area contributed by atoms with Gasteiger partial charge in [0.25, 0.3) is 0 Å². The molecule has 36 heavy (non-hydrogen) atoms. The van der Waals surface area contributed by atoms with E-state index in [4.69, 9.17) is 4.42 Å². The quantitative estimate of drug-likeness (QED) is 0.249. The van der Waals surface area contributed by atoms with Crippen molar-refractivity contribution in [2.75, 3.05) is 0 Å². The first-order valence-electron chi connectivity index (χ1n) is 12.7. The molecule has 2 nitrogen and oxygen atoms in total. The van der Waals surface area contributed by atoms with Crippen LogP contribution in [0.3, 0.4) is 0 Å². The number of furan rings is 1. The number of hydrogen-bond donors (Lipinski definition) is 0. The van der Waals surface area contributed by atoms with Crippen LogP contribution >= 0.6 is 0 Å². The van der Waals surface area contributed by atoms with Crippen LogP contribution in [0.25, 0.3) is 49.4 Å². The summed E-state index contributed by atoms with van der Waals surface area (Å²) in [6.45, 7) is 4.99. The Hall–Kier alpha value is -4.24. The normalized spacial score (nSPS) is 15.1. The first-order valence-corrected chi connectivity index (χ1v) is 12.7. The summed E-state index contributed by atoms with van der Waals surface area (Å²) in [6, 6.07) is 35.7. The SMILES string of the molecule is CC1(C)c2ccccc2B2c3c(cccc31)-n1c3ccc4oc5ccccc5c4c3c3cccc2c31. The Bertz CT molecular complexity index is 2090. The molecule has 0 atom stereocenters. The van der Waals surface area contributed by atoms with Crippen LogP contribution in [0.4, 0.5) is 0 Å². The summed E-state index contributed by atoms with van der Waals surface area (Å²) in [7, 11) is 0. The molecule has 4 heterocycles. The van der Waals surface area contributed by atoms with E-state index in [0.29, 0.717) is 0 Å². The minimum Gasteiger partial charge on any atom is -0.456 e. The van der Waals surface area contributed by atoms with Crippen LogP contribution in [0, 0.1) is 0 Å². The summed E-state index contributed by atoms with van der Waals surface area (Å²) in [5.41, 5.74) is 12.9. The van der Waals surface area contributed by atoms with Crippen molar-refractivity contribution in [3.05, 3.63) is 108 Å². The van der Waals surface area contributed by atoms with Gasteiger partial charge < -0.3 is 8.98 Å². The van der Waals surface area contributed by atoms with Crippen molar-refractivity contribution in [3.8, 4) is 5.69 Å². The van der Waals surface area contributed by atoms with Crippen LogP contribution in [0.1, 0.15) is 25.0 Å². The van der Waals surface area contributed by atoms with Crippen molar-refractivity contribution in [2.24, 2.45) is 0 Å². The first kappa shape index (κ1) is 19.0. The van der Waals surface area contributed by atoms with Gasteiger partial charge in [0.05, 0.1) is 5.52 Å². The minimum absolute atomic E-state index is 0.0547. The fourth-order valence-corrected chi connectivity index (χ4v) is 7.42. The molecule has 0 radical (unpaired) electrons. The molecular formula is C33H22BNO. The van der Waals surface area contributed by atoms with Crippen LogP contribution in [0.5, 0.6) is 0 Å². The fraction of sp³-hybridized carbons (Fsp3) is 0.0909. The third-order valence-corrected chi connectivity index (χ3v) is 8.86. The monoisotopic (exact) mass is 459 g/mol. The fourth-order valence-electron chi connectivity index (χ4n) is 7.42. The Labute approximate surface area is 208 Å². The summed E-state index contributed by atoms with van der Waals surface area (Å²) in [5.74, 6) is 0. The summed E-state index contributed by atoms with van der Waals surface area (Å²) >= 11 is 0. The molecular weight excluding hydrogens is 437 g/mol. The molecule has 5 aromatic carbocycles. The number of para-hydroxylation sites is 2. The number of benzene rings is 5. The molecule has 7 aromatic rings. The molecule has 168 valence electrons. The van der Waals surface area contributed by atoms with Gasteiger partial charge in [-0.15, -0.1) is 0 Å². The van der Waals surface area contributed by atoms with E-state index in [1.54, 1.807) is 0 Å². The summed E-state index contributed by atoms with van der Waals surface area (Å²) in [5, 5.41) is 5.00. The highest BCUT2D eigenvalue weighted by molar-refractivity contribution is 6.99. The summed E-state index contributed by atoms with van der Waals surface area (Å²) < 4.78 is 8.83. The molecule has 0 unspecified atom stereocenters. The van der Waals surface area contributed by atoms with Gasteiger partial charge in [-0.1, -0.05) is 92.1 Å². The summed E-state index contributed by atoms with van der Waals surface area (Å²) in [6.07, 6.45) is 0. The maximum Gasteiger partial charge on any atom is 0.247 e. The van der Waals surface area contributed by atoms with Crippen molar-refractivity contribution in [1.29, 1.82) is 0 Å². The second kappa shape index (κ2) is 6.11. The number of nitrogens with zero attached hydrogens (tertiary/aromatic N) is 1. The molecule has 2 aliphatic heterocycles. The van der Waals surface area contributed by atoms with Crippen LogP contribution in [0.2, 0.25) is 0 Å². The highest BCUT2D eigenvalue weighted by atomic mass is 16.3. The number of hydrogen-bond acceptors (Lipinski definition) is 1. The molecule has 2 aromatic heterocycles. The molecule has 2 aliphatic rings. The van der Waals surface area contributed by atoms with Crippen molar-refractivity contribution in [3.63, 3.8) is 0 Å². The Morgan fingerprint density at radius 3 is 2.33 bits per heavy atom. The number of rotatable bonds is 0. The van der Waals surface area contributed by atoms with Crippen molar-refractivity contribution < 1.29 is 4.42 Å². The maximum atomic E-state index is 6.30. The predicted molar refractivity (Wildman–Crippen MR) is 151 cm³/mol. The highest BCUT2D eigenvalue weighted by Crippen LogP contribution is 2.43. The van der Waals surface area contributed by atoms with Crippen LogP contribution < -0.4 is 16.4 Å². The molecule has 3 heteroatoms. The lowest BCUT2D eigenvalue weighted by molar-refractivity contribution is 0.645. The Balaban J connectivity index is 1.55. The molecule has 0 saturated carbocycles. The molecule has 0 bridgehead atoms. The Morgan fingerprint density at radius 2 is 1.39 bits per heavy atom. The lowest BCUT2D eigenvalue weighted by Crippen LogP contribution is -2.63. The van der Waals surface area contributed by atoms with Gasteiger partial charge in [0.1, 0.15) is 11.2 Å². The molecule has 0 aliphatic carbocycles. The van der Waals surface area contributed by atoms with Crippen LogP contribution in [-0.2, 0) is 5.41 Å². The van der Waals surface area contributed by atoms with E-state index in [9.17, 15) is 0 Å². The first-order chi connectivity index (χ1) is 17.6. The van der Waals surface area contributed by atoms with Gasteiger partial charge >= 0.3 is 0 Å². The van der Waals surface area contributed by atoms with Gasteiger partial charge in [0.2, 0.25) is 6.71 Å². The summed E-state index contributed by atoms with van der Waals surface area (Å²) in [4.78, 5) is 0. The van der Waals surface area contributed by atoms with Gasteiger partial charge in [-0.25, -0.2) is 0 Å². The zero-order valence-corrected chi connectivity index (χ0v) is 20.2. The highest BCUT2D eigenvalue weighted by Gasteiger charge is 2.44. The number of fused-ring (bicyclic) bond motifs is 11. The van der Waals surface area contributed by atoms with Gasteiger partial charge in [0.15, 0.2) is 0 Å². The standard InChI is InChI=1S/C33H22BNO/c1-33(2)21-11-4-5-13-23(21)34-24-14-7-10-20-29-25(35(32(20)24)26-15-8-12-22(33)31(26)34)17-18-28-30(29)19-9-3-6-16-27(19)36-28/h3-18H,1-2H3. The maximum absolute atomic E-state index is 6.30. The van der Waals surface area contributed by atoms with Crippen LogP contribution in [-0.4, -0.2) is 11.3 Å². The molecule has 0 N–H and O–H groups in total. The van der Waals surface area contributed by atoms with E-state index in [2.05, 4.69) is 115 Å². The zero-order valence-electron chi connectivity index (χ0n) is 20.2. The lowest BCUT2D eigenvalue weighted by atomic mass is 9.30. The lowest BCUT2D eigenvalue weighted by Gasteiger charge is -2.41. The van der Waals surface area contributed by atoms with E-state index in [-0.39, 0.29) is 12.1 Å². The Morgan fingerprint density at radius 1 is 0.639 bits per heavy atom. The second-order valence-corrected chi connectivity index (χ2v) is 10.9. The van der Waals surface area contributed by atoms with E-state index in [1.807, 2.05) is 0 Å². The van der Waals surface area contributed by atoms with E-state index >= 15 is 0 Å². The van der Waals surface area contributed by atoms with Crippen molar-refractivity contribution >= 4 is 66.8 Å². The third-order valence-electron chi connectivity index (χ3n) is 8.86. The minimum atomic E-state index is -0.0547. The molecule has 0 saturated heterocycles. The van der Waals surface area contributed by atoms with Gasteiger partial charge in [-0.05, 0) is 46.3 Å². The van der Waals surface area contributed by atoms with Crippen molar-refractivity contribution in [2.45, 2.75) is 19.3 Å². The topological polar surface area (TPSA) is 18.1 Å². The molecule has 0 amide bonds. The zero-order chi connectivity index (χ0) is 23.8. The van der Waals surface area contributed by atoms with E-state index < -0.39 is 0 Å². The Kier molecular flexibility index (Phi) is 3.23. The van der Waals surface area contributed by atoms with Gasteiger partial charge in [-0.2, -0.15) is 0 Å². The third kappa shape index (κ3) is 2.01. The van der Waals surface area contributed by atoms with Crippen LogP contribution in [0.15, 0.2) is 101 Å². The van der Waals surface area contributed by atoms with E-state index in [0.717, 1.165) is 11.2 Å². The van der Waals surface area contributed by atoms with E-state index in [1.165, 1.54) is 65.8 Å². The second-order valence-electron chi connectivity index (χ2n) is 10.9. The molecule has 0 spiro atoms. The smallest absolute Gasteiger partial charge is 0.247 e. The molecule has 9 rings (SSSR count). The molecule has 0 fully saturated rings. The number of aromatic nitrogens is 1. The average molecular weight is 459 g/mol.